The van der Waals surface area contributed by atoms with Crippen molar-refractivity contribution in [1.29, 1.82) is 0 Å². The quantitative estimate of drug-likeness (QED) is 0.0607. The van der Waals surface area contributed by atoms with Gasteiger partial charge in [0.05, 0.1) is 18.0 Å². The summed E-state index contributed by atoms with van der Waals surface area (Å²) in [6.07, 6.45) is -0.742. The molecule has 3 aromatic rings. The Labute approximate surface area is 265 Å². The van der Waals surface area contributed by atoms with Crippen LogP contribution in [0.25, 0.3) is 0 Å². The number of benzene rings is 3. The van der Waals surface area contributed by atoms with Crippen LogP contribution in [-0.2, 0) is 37.1 Å². The molecular weight excluding hydrogens is 587 g/mol. The van der Waals surface area contributed by atoms with Crippen LogP contribution in [0, 0.1) is 18.8 Å². The van der Waals surface area contributed by atoms with E-state index in [2.05, 4.69) is 58.0 Å². The Bertz CT molecular complexity index is 1550. The van der Waals surface area contributed by atoms with Crippen LogP contribution in [0.1, 0.15) is 37.5 Å². The molecule has 0 spiro atoms. The summed E-state index contributed by atoms with van der Waals surface area (Å²) in [5.41, 5.74) is 5.90. The van der Waals surface area contributed by atoms with E-state index in [1.165, 1.54) is 4.31 Å². The monoisotopic (exact) mass is 631 g/mol. The van der Waals surface area contributed by atoms with Gasteiger partial charge in [-0.1, -0.05) is 123 Å². The summed E-state index contributed by atoms with van der Waals surface area (Å²) in [5.74, 6) is 6.35. The van der Waals surface area contributed by atoms with Crippen molar-refractivity contribution in [1.82, 2.24) is 4.31 Å². The molecule has 0 aromatic heterocycles. The second-order valence-corrected chi connectivity index (χ2v) is 18.8. The number of aryl methyl sites for hydroxylation is 1. The first-order valence-corrected chi connectivity index (χ1v) is 19.1. The Morgan fingerprint density at radius 2 is 1.45 bits per heavy atom. The molecular formula is C36H45NO5SSi. The van der Waals surface area contributed by atoms with E-state index < -0.39 is 24.4 Å². The first-order chi connectivity index (χ1) is 20.8. The van der Waals surface area contributed by atoms with E-state index in [9.17, 15) is 8.42 Å². The van der Waals surface area contributed by atoms with Crippen molar-refractivity contribution in [2.75, 3.05) is 19.7 Å². The second-order valence-electron chi connectivity index (χ2n) is 12.1. The summed E-state index contributed by atoms with van der Waals surface area (Å²) < 4.78 is 48.1. The lowest BCUT2D eigenvalue weighted by Gasteiger charge is -2.40. The fraction of sp³-hybridized carbons (Fsp3) is 0.361. The smallest absolute Gasteiger partial charge is 0.244 e. The highest BCUT2D eigenvalue weighted by atomic mass is 32.2. The van der Waals surface area contributed by atoms with Gasteiger partial charge in [0.25, 0.3) is 0 Å². The molecule has 0 radical (unpaired) electrons. The van der Waals surface area contributed by atoms with Gasteiger partial charge in [-0.2, -0.15) is 4.31 Å². The molecule has 0 aliphatic heterocycles. The minimum atomic E-state index is -3.94. The molecule has 1 atom stereocenters. The summed E-state index contributed by atoms with van der Waals surface area (Å²) >= 11 is 0. The van der Waals surface area contributed by atoms with Gasteiger partial charge >= 0.3 is 0 Å². The molecule has 0 amide bonds. The van der Waals surface area contributed by atoms with Crippen LogP contribution < -0.4 is 0 Å². The van der Waals surface area contributed by atoms with Crippen LogP contribution in [0.15, 0.2) is 108 Å². The molecule has 3 rings (SSSR count). The van der Waals surface area contributed by atoms with E-state index in [1.807, 2.05) is 67.6 Å². The van der Waals surface area contributed by atoms with Crippen LogP contribution in [0.5, 0.6) is 0 Å². The Balaban J connectivity index is 1.90. The normalized spacial score (nSPS) is 12.6. The third kappa shape index (κ3) is 10.3. The number of hydrogen-bond acceptors (Lipinski definition) is 5. The van der Waals surface area contributed by atoms with Crippen LogP contribution >= 0.6 is 0 Å². The molecule has 44 heavy (non-hydrogen) atoms. The second kappa shape index (κ2) is 16.1. The summed E-state index contributed by atoms with van der Waals surface area (Å²) in [4.78, 5) is 0.186. The van der Waals surface area contributed by atoms with E-state index in [4.69, 9.17) is 13.9 Å². The molecule has 0 fully saturated rings. The zero-order valence-electron chi connectivity index (χ0n) is 26.8. The maximum absolute atomic E-state index is 14.0. The zero-order chi connectivity index (χ0) is 32.2. The fourth-order valence-corrected chi connectivity index (χ4v) is 6.57. The van der Waals surface area contributed by atoms with Crippen molar-refractivity contribution >= 4 is 18.3 Å². The standard InChI is InChI=1S/C36H45NO5SSi/c1-8-34(41-29-32-19-13-10-14-20-32)35(42-44(6,7)36(3,4)5)27-37(43(38,39)33-23-21-30(2)22-24-33)25-15-16-26-40-28-31-17-11-9-12-18-31/h9-14,17-24,35H,1,25-29H2,2-7H3. The van der Waals surface area contributed by atoms with Crippen molar-refractivity contribution in [3.8, 4) is 11.8 Å². The fourth-order valence-electron chi connectivity index (χ4n) is 3.98. The molecule has 0 saturated heterocycles. The Morgan fingerprint density at radius 1 is 0.886 bits per heavy atom. The minimum Gasteiger partial charge on any atom is -0.482 e. The van der Waals surface area contributed by atoms with Crippen LogP contribution in [-0.4, -0.2) is 46.8 Å². The third-order valence-corrected chi connectivity index (χ3v) is 14.0. The average Bonchev–Trinajstić information content (AvgIpc) is 2.99. The summed E-state index contributed by atoms with van der Waals surface area (Å²) in [7, 11) is -6.34. The van der Waals surface area contributed by atoms with Gasteiger partial charge in [0.15, 0.2) is 14.1 Å². The van der Waals surface area contributed by atoms with Crippen molar-refractivity contribution < 1.29 is 22.3 Å². The van der Waals surface area contributed by atoms with Gasteiger partial charge < -0.3 is 13.9 Å². The predicted molar refractivity (Wildman–Crippen MR) is 180 cm³/mol. The molecule has 3 aromatic carbocycles. The molecule has 234 valence electrons. The number of nitrogens with zero attached hydrogens (tertiary/aromatic N) is 1. The van der Waals surface area contributed by atoms with Gasteiger partial charge in [-0.15, -0.1) is 0 Å². The maximum Gasteiger partial charge on any atom is 0.244 e. The lowest BCUT2D eigenvalue weighted by atomic mass is 10.2. The van der Waals surface area contributed by atoms with Gasteiger partial charge in [0.1, 0.15) is 19.3 Å². The first kappa shape index (κ1) is 35.1. The molecule has 6 nitrogen and oxygen atoms in total. The van der Waals surface area contributed by atoms with Crippen molar-refractivity contribution in [3.05, 3.63) is 120 Å². The summed E-state index contributed by atoms with van der Waals surface area (Å²) in [6.45, 7) is 17.3. The molecule has 0 N–H and O–H groups in total. The Kier molecular flexibility index (Phi) is 12.8. The van der Waals surface area contributed by atoms with Gasteiger partial charge in [-0.05, 0) is 48.3 Å². The van der Waals surface area contributed by atoms with Crippen molar-refractivity contribution in [2.24, 2.45) is 0 Å². The highest BCUT2D eigenvalue weighted by Gasteiger charge is 2.41. The van der Waals surface area contributed by atoms with Crippen molar-refractivity contribution in [3.63, 3.8) is 0 Å². The zero-order valence-corrected chi connectivity index (χ0v) is 28.6. The molecule has 1 unspecified atom stereocenters. The number of hydrogen-bond donors (Lipinski definition) is 0. The SMILES string of the molecule is C=C=C(OCc1ccccc1)C(CN(CC#CCOCc1ccccc1)S(=O)(=O)c1ccc(C)cc1)O[Si](C)(C)C(C)(C)C. The minimum absolute atomic E-state index is 0.0189. The Morgan fingerprint density at radius 3 is 2.00 bits per heavy atom. The van der Waals surface area contributed by atoms with Gasteiger partial charge in [-0.3, -0.25) is 0 Å². The van der Waals surface area contributed by atoms with E-state index >= 15 is 0 Å². The molecule has 0 bridgehead atoms. The highest BCUT2D eigenvalue weighted by Crippen LogP contribution is 2.38. The van der Waals surface area contributed by atoms with Gasteiger partial charge in [0, 0.05) is 6.54 Å². The first-order valence-electron chi connectivity index (χ1n) is 14.7. The van der Waals surface area contributed by atoms with E-state index in [1.54, 1.807) is 24.3 Å². The molecule has 0 heterocycles. The molecule has 8 heteroatoms. The van der Waals surface area contributed by atoms with E-state index in [0.29, 0.717) is 12.4 Å². The van der Waals surface area contributed by atoms with Crippen LogP contribution in [0.4, 0.5) is 0 Å². The summed E-state index contributed by atoms with van der Waals surface area (Å²) in [5, 5.41) is -0.131. The predicted octanol–water partition coefficient (Wildman–Crippen LogP) is 7.48. The van der Waals surface area contributed by atoms with Crippen LogP contribution in [0.2, 0.25) is 18.1 Å². The topological polar surface area (TPSA) is 65.1 Å². The molecule has 0 aliphatic rings. The van der Waals surface area contributed by atoms with Gasteiger partial charge in [0.2, 0.25) is 10.0 Å². The third-order valence-electron chi connectivity index (χ3n) is 7.64. The highest BCUT2D eigenvalue weighted by molar-refractivity contribution is 7.89. The van der Waals surface area contributed by atoms with E-state index in [0.717, 1.165) is 16.7 Å². The van der Waals surface area contributed by atoms with Crippen molar-refractivity contribution in [2.45, 2.75) is 70.0 Å². The largest absolute Gasteiger partial charge is 0.482 e. The number of ether oxygens (including phenoxy) is 2. The number of sulfonamides is 1. The Hall–Kier alpha value is -3.41. The maximum atomic E-state index is 14.0. The summed E-state index contributed by atoms with van der Waals surface area (Å²) in [6, 6.07) is 26.4. The molecule has 0 aliphatic carbocycles. The van der Waals surface area contributed by atoms with E-state index in [-0.39, 0.29) is 36.2 Å². The average molecular weight is 632 g/mol. The van der Waals surface area contributed by atoms with Gasteiger partial charge in [-0.25, -0.2) is 8.42 Å². The lowest BCUT2D eigenvalue weighted by molar-refractivity contribution is 0.0899. The van der Waals surface area contributed by atoms with Crippen LogP contribution in [0.3, 0.4) is 0 Å². The lowest BCUT2D eigenvalue weighted by Crippen LogP contribution is -2.48. The molecule has 0 saturated carbocycles. The number of rotatable bonds is 14.